The number of nitrogens with one attached hydrogen (secondary N) is 1. The lowest BCUT2D eigenvalue weighted by Crippen LogP contribution is -2.35. The fourth-order valence-corrected chi connectivity index (χ4v) is 5.38. The van der Waals surface area contributed by atoms with Gasteiger partial charge < -0.3 is 20.3 Å². The summed E-state index contributed by atoms with van der Waals surface area (Å²) in [5, 5.41) is 37.8. The van der Waals surface area contributed by atoms with Crippen molar-refractivity contribution >= 4 is 16.7 Å². The molecule has 41 heavy (non-hydrogen) atoms. The lowest BCUT2D eigenvalue weighted by atomic mass is 9.98. The standard InChI is InChI=1S/C28H40N6O6S/c1-19(2)22-16-23(25(36)17-24(22)35)26-31-32-27(28(37)30-10-4-3-5-15-41(29,38)39)34(26)21-8-6-20(7-9-21)18-33-11-13-40-14-12-33/h6-9,16-17,19,35-36,38-39H,3-5,10-15,18,29H2,1-2H3,(H,30,37). The van der Waals surface area contributed by atoms with Crippen LogP contribution in [-0.2, 0) is 11.3 Å². The number of amides is 1. The largest absolute Gasteiger partial charge is 0.508 e. The third-order valence-electron chi connectivity index (χ3n) is 6.99. The molecule has 1 amide bonds. The molecule has 224 valence electrons. The van der Waals surface area contributed by atoms with Crippen LogP contribution >= 0.6 is 10.8 Å². The Balaban J connectivity index is 1.61. The highest BCUT2D eigenvalue weighted by atomic mass is 32.3. The molecule has 1 saturated heterocycles. The van der Waals surface area contributed by atoms with E-state index in [0.717, 1.165) is 25.2 Å². The quantitative estimate of drug-likeness (QED) is 0.170. The predicted molar refractivity (Wildman–Crippen MR) is 158 cm³/mol. The maximum Gasteiger partial charge on any atom is 0.289 e. The average Bonchev–Trinajstić information content (AvgIpc) is 3.36. The zero-order chi connectivity index (χ0) is 29.6. The van der Waals surface area contributed by atoms with Gasteiger partial charge in [0.1, 0.15) is 11.5 Å². The Kier molecular flexibility index (Phi) is 10.2. The minimum absolute atomic E-state index is 0.0179. The molecule has 0 unspecified atom stereocenters. The van der Waals surface area contributed by atoms with Gasteiger partial charge in [-0.2, -0.15) is 0 Å². The summed E-state index contributed by atoms with van der Waals surface area (Å²) in [6.07, 6.45) is 1.81. The average molecular weight is 589 g/mol. The molecular formula is C28H40N6O6S. The Morgan fingerprint density at radius 1 is 1.05 bits per heavy atom. The molecule has 7 N–H and O–H groups in total. The van der Waals surface area contributed by atoms with Gasteiger partial charge >= 0.3 is 0 Å². The number of hydrogen-bond donors (Lipinski definition) is 6. The zero-order valence-electron chi connectivity index (χ0n) is 23.5. The van der Waals surface area contributed by atoms with Crippen molar-refractivity contribution in [3.8, 4) is 28.6 Å². The molecule has 4 rings (SSSR count). The fraction of sp³-hybridized carbons (Fsp3) is 0.464. The van der Waals surface area contributed by atoms with Gasteiger partial charge in [0, 0.05) is 37.9 Å². The Bertz CT molecular complexity index is 1320. The highest BCUT2D eigenvalue weighted by Gasteiger charge is 2.24. The molecule has 0 spiro atoms. The van der Waals surface area contributed by atoms with Crippen molar-refractivity contribution in [2.75, 3.05) is 38.6 Å². The molecule has 12 nitrogen and oxygen atoms in total. The van der Waals surface area contributed by atoms with Crippen LogP contribution < -0.4 is 10.5 Å². The van der Waals surface area contributed by atoms with E-state index in [1.807, 2.05) is 38.1 Å². The summed E-state index contributed by atoms with van der Waals surface area (Å²) >= 11 is 0. The number of unbranched alkanes of at least 4 members (excludes halogenated alkanes) is 2. The molecule has 0 radical (unpaired) electrons. The first-order valence-corrected chi connectivity index (χ1v) is 15.5. The molecule has 2 heterocycles. The highest BCUT2D eigenvalue weighted by molar-refractivity contribution is 8.22. The first kappa shape index (κ1) is 30.8. The van der Waals surface area contributed by atoms with E-state index in [1.165, 1.54) is 6.07 Å². The number of aromatic hydroxyl groups is 2. The van der Waals surface area contributed by atoms with Crippen molar-refractivity contribution in [1.29, 1.82) is 0 Å². The van der Waals surface area contributed by atoms with Gasteiger partial charge in [-0.3, -0.25) is 23.4 Å². The number of ether oxygens (including phenoxy) is 1. The number of benzene rings is 2. The minimum Gasteiger partial charge on any atom is -0.508 e. The van der Waals surface area contributed by atoms with Crippen molar-refractivity contribution in [3.63, 3.8) is 0 Å². The number of aromatic nitrogens is 3. The normalized spacial score (nSPS) is 14.9. The van der Waals surface area contributed by atoms with Crippen LogP contribution in [0.3, 0.4) is 0 Å². The number of morpholine rings is 1. The van der Waals surface area contributed by atoms with E-state index in [1.54, 1.807) is 10.6 Å². The summed E-state index contributed by atoms with van der Waals surface area (Å²) in [6, 6.07) is 10.7. The second-order valence-corrected chi connectivity index (χ2v) is 12.4. The number of phenols is 2. The van der Waals surface area contributed by atoms with Gasteiger partial charge in [-0.25, -0.2) is 5.14 Å². The first-order valence-electron chi connectivity index (χ1n) is 13.8. The van der Waals surface area contributed by atoms with Crippen LogP contribution in [0, 0.1) is 0 Å². The van der Waals surface area contributed by atoms with Crippen LogP contribution in [0.5, 0.6) is 11.5 Å². The van der Waals surface area contributed by atoms with Crippen LogP contribution in [0.25, 0.3) is 17.1 Å². The Hall–Kier alpha value is -3.20. The second kappa shape index (κ2) is 13.6. The third-order valence-corrected chi connectivity index (χ3v) is 7.88. The lowest BCUT2D eigenvalue weighted by Gasteiger charge is -2.26. The molecule has 2 aromatic carbocycles. The van der Waals surface area contributed by atoms with Crippen molar-refractivity contribution in [2.24, 2.45) is 5.14 Å². The molecule has 1 aromatic heterocycles. The van der Waals surface area contributed by atoms with Crippen molar-refractivity contribution in [3.05, 3.63) is 53.3 Å². The molecule has 1 fully saturated rings. The van der Waals surface area contributed by atoms with E-state index in [2.05, 4.69) is 20.4 Å². The van der Waals surface area contributed by atoms with Crippen molar-refractivity contribution in [1.82, 2.24) is 25.0 Å². The first-order chi connectivity index (χ1) is 19.5. The number of carbonyl (C=O) groups excluding carboxylic acids is 1. The molecule has 0 bridgehead atoms. The SMILES string of the molecule is CC(C)c1cc(-c2nnc(C(=O)NCCCCCS(N)(O)O)n2-c2ccc(CN3CCOCC3)cc2)c(O)cc1O. The van der Waals surface area contributed by atoms with Gasteiger partial charge in [-0.1, -0.05) is 32.4 Å². The number of nitrogens with zero attached hydrogens (tertiary/aromatic N) is 4. The molecule has 13 heteroatoms. The smallest absolute Gasteiger partial charge is 0.289 e. The third kappa shape index (κ3) is 8.18. The van der Waals surface area contributed by atoms with Gasteiger partial charge in [-0.05, 0) is 48.1 Å². The molecule has 1 aliphatic heterocycles. The topological polar surface area (TPSA) is 179 Å². The second-order valence-electron chi connectivity index (χ2n) is 10.6. The van der Waals surface area contributed by atoms with Gasteiger partial charge in [0.2, 0.25) is 5.82 Å². The van der Waals surface area contributed by atoms with Crippen molar-refractivity contribution in [2.45, 2.75) is 45.6 Å². The molecule has 0 saturated carbocycles. The van der Waals surface area contributed by atoms with Crippen LogP contribution in [0.15, 0.2) is 36.4 Å². The summed E-state index contributed by atoms with van der Waals surface area (Å²) in [6.45, 7) is 8.17. The van der Waals surface area contributed by atoms with E-state index >= 15 is 0 Å². The van der Waals surface area contributed by atoms with Gasteiger partial charge in [0.25, 0.3) is 5.91 Å². The predicted octanol–water partition coefficient (Wildman–Crippen LogP) is 3.83. The molecule has 3 aromatic rings. The molecule has 0 aliphatic carbocycles. The van der Waals surface area contributed by atoms with Crippen molar-refractivity contribution < 1.29 is 28.8 Å². The van der Waals surface area contributed by atoms with Gasteiger partial charge in [0.15, 0.2) is 5.82 Å². The molecular weight excluding hydrogens is 548 g/mol. The van der Waals surface area contributed by atoms with Crippen LogP contribution in [-0.4, -0.2) is 83.5 Å². The van der Waals surface area contributed by atoms with Gasteiger partial charge in [0.05, 0.1) is 24.5 Å². The van der Waals surface area contributed by atoms with E-state index in [-0.39, 0.29) is 34.8 Å². The van der Waals surface area contributed by atoms with E-state index in [9.17, 15) is 24.1 Å². The Morgan fingerprint density at radius 2 is 1.76 bits per heavy atom. The number of carbonyl (C=O) groups is 1. The van der Waals surface area contributed by atoms with E-state index in [4.69, 9.17) is 9.88 Å². The van der Waals surface area contributed by atoms with Crippen LogP contribution in [0.2, 0.25) is 0 Å². The number of hydrogen-bond acceptors (Lipinski definition) is 10. The highest BCUT2D eigenvalue weighted by Crippen LogP contribution is 2.38. The van der Waals surface area contributed by atoms with Gasteiger partial charge in [-0.15, -0.1) is 21.0 Å². The number of phenolic OH excluding ortho intramolecular Hbond substituents is 2. The van der Waals surface area contributed by atoms with E-state index < -0.39 is 16.7 Å². The minimum atomic E-state index is -3.01. The molecule has 1 aliphatic rings. The Morgan fingerprint density at radius 3 is 2.41 bits per heavy atom. The summed E-state index contributed by atoms with van der Waals surface area (Å²) in [5.74, 6) is -0.216. The Labute approximate surface area is 241 Å². The molecule has 0 atom stereocenters. The van der Waals surface area contributed by atoms with E-state index in [0.29, 0.717) is 55.8 Å². The fourth-order valence-electron chi connectivity index (χ4n) is 4.75. The summed E-state index contributed by atoms with van der Waals surface area (Å²) in [7, 11) is -3.01. The van der Waals surface area contributed by atoms with Crippen LogP contribution in [0.1, 0.15) is 60.8 Å². The van der Waals surface area contributed by atoms with Crippen LogP contribution in [0.4, 0.5) is 0 Å². The zero-order valence-corrected chi connectivity index (χ0v) is 24.3. The monoisotopic (exact) mass is 588 g/mol. The number of nitrogens with two attached hydrogens (primary N) is 1. The lowest BCUT2D eigenvalue weighted by molar-refractivity contribution is 0.0342. The summed E-state index contributed by atoms with van der Waals surface area (Å²) in [4.78, 5) is 15.6. The maximum atomic E-state index is 13.3. The maximum absolute atomic E-state index is 13.3. The summed E-state index contributed by atoms with van der Waals surface area (Å²) in [5.41, 5.74) is 2.73. The summed E-state index contributed by atoms with van der Waals surface area (Å²) < 4.78 is 25.7. The number of rotatable bonds is 12.